The highest BCUT2D eigenvalue weighted by molar-refractivity contribution is 5.28. The fraction of sp³-hybridized carbons (Fsp3) is 0.818. The van der Waals surface area contributed by atoms with Gasteiger partial charge >= 0.3 is 0 Å². The predicted octanol–water partition coefficient (Wildman–Crippen LogP) is 1.46. The zero-order valence-electron chi connectivity index (χ0n) is 8.30. The summed E-state index contributed by atoms with van der Waals surface area (Å²) in [5.41, 5.74) is 1.11. The van der Waals surface area contributed by atoms with Gasteiger partial charge in [-0.15, -0.1) is 0 Å². The van der Waals surface area contributed by atoms with Crippen molar-refractivity contribution < 1.29 is 9.50 Å². The average molecular weight is 197 g/mol. The van der Waals surface area contributed by atoms with Crippen LogP contribution in [0.4, 0.5) is 4.39 Å². The first-order chi connectivity index (χ1) is 6.76. The minimum absolute atomic E-state index is 0.0923. The van der Waals surface area contributed by atoms with Crippen LogP contribution in [0.5, 0.6) is 0 Å². The number of halogens is 1. The topological polar surface area (TPSA) is 23.5 Å². The molecule has 0 amide bonds. The van der Waals surface area contributed by atoms with Gasteiger partial charge in [0.15, 0.2) is 0 Å². The molecule has 3 rings (SSSR count). The van der Waals surface area contributed by atoms with Crippen molar-refractivity contribution in [3.8, 4) is 0 Å². The van der Waals surface area contributed by atoms with Gasteiger partial charge in [-0.2, -0.15) is 0 Å². The Hall–Kier alpha value is -0.410. The summed E-state index contributed by atoms with van der Waals surface area (Å²) >= 11 is 0. The molecule has 1 atom stereocenters. The van der Waals surface area contributed by atoms with E-state index in [1.807, 2.05) is 0 Å². The maximum absolute atomic E-state index is 12.5. The molecular weight excluding hydrogens is 181 g/mol. The van der Waals surface area contributed by atoms with E-state index in [1.165, 1.54) is 19.3 Å². The van der Waals surface area contributed by atoms with Crippen LogP contribution in [0.3, 0.4) is 0 Å². The number of aliphatic hydroxyl groups is 1. The molecular formula is C11H16FNO. The van der Waals surface area contributed by atoms with Gasteiger partial charge in [0.05, 0.1) is 18.5 Å². The molecule has 2 heterocycles. The summed E-state index contributed by atoms with van der Waals surface area (Å²) in [6.07, 6.45) is 5.15. The van der Waals surface area contributed by atoms with Gasteiger partial charge in [-0.1, -0.05) is 0 Å². The highest BCUT2D eigenvalue weighted by Crippen LogP contribution is 2.66. The van der Waals surface area contributed by atoms with E-state index < -0.39 is 0 Å². The molecule has 1 saturated carbocycles. The summed E-state index contributed by atoms with van der Waals surface area (Å²) < 4.78 is 12.5. The SMILES string of the molecule is OC[C@]12C/C(=C/F)CN1CCC21CC1. The van der Waals surface area contributed by atoms with E-state index >= 15 is 0 Å². The van der Waals surface area contributed by atoms with E-state index in [2.05, 4.69) is 4.90 Å². The number of fused-ring (bicyclic) bond motifs is 2. The maximum Gasteiger partial charge on any atom is 0.0872 e. The lowest BCUT2D eigenvalue weighted by atomic mass is 9.80. The molecule has 0 aromatic heterocycles. The fourth-order valence-electron chi connectivity index (χ4n) is 3.60. The third-order valence-corrected chi connectivity index (χ3v) is 4.64. The Kier molecular flexibility index (Phi) is 1.63. The number of rotatable bonds is 1. The van der Waals surface area contributed by atoms with Gasteiger partial charge < -0.3 is 5.11 Å². The molecule has 1 N–H and O–H groups in total. The third-order valence-electron chi connectivity index (χ3n) is 4.64. The normalized spacial score (nSPS) is 42.3. The van der Waals surface area contributed by atoms with Crippen LogP contribution in [0.1, 0.15) is 25.7 Å². The minimum Gasteiger partial charge on any atom is -0.394 e. The molecule has 1 aliphatic carbocycles. The predicted molar refractivity (Wildman–Crippen MR) is 51.5 cm³/mol. The van der Waals surface area contributed by atoms with E-state index in [0.29, 0.717) is 5.41 Å². The van der Waals surface area contributed by atoms with Crippen molar-refractivity contribution in [2.75, 3.05) is 19.7 Å². The van der Waals surface area contributed by atoms with E-state index in [-0.39, 0.29) is 12.1 Å². The van der Waals surface area contributed by atoms with E-state index in [4.69, 9.17) is 0 Å². The molecule has 0 bridgehead atoms. The Labute approximate surface area is 83.4 Å². The van der Waals surface area contributed by atoms with Crippen LogP contribution in [-0.2, 0) is 0 Å². The Bertz CT molecular complexity index is 298. The van der Waals surface area contributed by atoms with Gasteiger partial charge in [0.25, 0.3) is 0 Å². The van der Waals surface area contributed by atoms with Crippen LogP contribution in [0.15, 0.2) is 11.9 Å². The van der Waals surface area contributed by atoms with Crippen molar-refractivity contribution in [1.29, 1.82) is 0 Å². The van der Waals surface area contributed by atoms with Crippen LogP contribution in [0.2, 0.25) is 0 Å². The molecule has 0 aromatic rings. The van der Waals surface area contributed by atoms with Crippen LogP contribution in [0, 0.1) is 5.41 Å². The van der Waals surface area contributed by atoms with Crippen molar-refractivity contribution in [2.45, 2.75) is 31.2 Å². The van der Waals surface area contributed by atoms with Gasteiger partial charge in [-0.25, -0.2) is 4.39 Å². The lowest BCUT2D eigenvalue weighted by Gasteiger charge is -2.35. The van der Waals surface area contributed by atoms with Gasteiger partial charge in [0.2, 0.25) is 0 Å². The summed E-state index contributed by atoms with van der Waals surface area (Å²) in [6, 6.07) is 0. The second kappa shape index (κ2) is 2.58. The standard InChI is InChI=1S/C11H16FNO/c12-6-9-5-11(8-14)10(1-2-10)3-4-13(11)7-9/h6,14H,1-5,7-8H2/b9-6-/t11-/m0/s1. The van der Waals surface area contributed by atoms with E-state index in [0.717, 1.165) is 31.4 Å². The number of nitrogens with zero attached hydrogens (tertiary/aromatic N) is 1. The van der Waals surface area contributed by atoms with E-state index in [1.54, 1.807) is 0 Å². The van der Waals surface area contributed by atoms with Gasteiger partial charge in [0, 0.05) is 6.54 Å². The molecule has 2 saturated heterocycles. The molecule has 2 nitrogen and oxygen atoms in total. The molecule has 0 radical (unpaired) electrons. The van der Waals surface area contributed by atoms with Gasteiger partial charge in [-0.05, 0) is 43.2 Å². The molecule has 78 valence electrons. The number of hydrogen-bond acceptors (Lipinski definition) is 2. The van der Waals surface area contributed by atoms with Crippen LogP contribution < -0.4 is 0 Å². The van der Waals surface area contributed by atoms with Crippen molar-refractivity contribution in [1.82, 2.24) is 4.90 Å². The van der Waals surface area contributed by atoms with Crippen LogP contribution in [-0.4, -0.2) is 35.2 Å². The number of hydrogen-bond donors (Lipinski definition) is 1. The Morgan fingerprint density at radius 2 is 2.21 bits per heavy atom. The third kappa shape index (κ3) is 0.829. The largest absolute Gasteiger partial charge is 0.394 e. The van der Waals surface area contributed by atoms with Crippen molar-refractivity contribution in [3.05, 3.63) is 11.9 Å². The summed E-state index contributed by atoms with van der Waals surface area (Å²) in [4.78, 5) is 2.30. The first-order valence-electron chi connectivity index (χ1n) is 5.40. The molecule has 3 fully saturated rings. The summed E-state index contributed by atoms with van der Waals surface area (Å²) in [6.45, 7) is 1.97. The molecule has 2 aliphatic heterocycles. The van der Waals surface area contributed by atoms with Gasteiger partial charge in [-0.3, -0.25) is 4.90 Å². The molecule has 14 heavy (non-hydrogen) atoms. The lowest BCUT2D eigenvalue weighted by molar-refractivity contribution is 0.0574. The smallest absolute Gasteiger partial charge is 0.0872 e. The first-order valence-corrected chi connectivity index (χ1v) is 5.40. The monoisotopic (exact) mass is 197 g/mol. The Morgan fingerprint density at radius 1 is 1.43 bits per heavy atom. The maximum atomic E-state index is 12.5. The second-order valence-corrected chi connectivity index (χ2v) is 5.09. The van der Waals surface area contributed by atoms with Crippen molar-refractivity contribution in [2.24, 2.45) is 5.41 Å². The molecule has 1 spiro atoms. The zero-order chi connectivity index (χ0) is 9.81. The van der Waals surface area contributed by atoms with Crippen LogP contribution >= 0.6 is 0 Å². The van der Waals surface area contributed by atoms with Crippen molar-refractivity contribution >= 4 is 0 Å². The molecule has 0 aromatic carbocycles. The summed E-state index contributed by atoms with van der Waals surface area (Å²) in [7, 11) is 0. The molecule has 3 heteroatoms. The highest BCUT2D eigenvalue weighted by Gasteiger charge is 2.66. The Balaban J connectivity index is 1.98. The quantitative estimate of drug-likeness (QED) is 0.688. The molecule has 0 unspecified atom stereocenters. The summed E-state index contributed by atoms with van der Waals surface area (Å²) in [5.74, 6) is 0. The zero-order valence-corrected chi connectivity index (χ0v) is 8.30. The van der Waals surface area contributed by atoms with Crippen LogP contribution in [0.25, 0.3) is 0 Å². The molecule has 3 aliphatic rings. The van der Waals surface area contributed by atoms with Gasteiger partial charge in [0.1, 0.15) is 0 Å². The Morgan fingerprint density at radius 3 is 2.79 bits per heavy atom. The second-order valence-electron chi connectivity index (χ2n) is 5.09. The van der Waals surface area contributed by atoms with E-state index in [9.17, 15) is 9.50 Å². The highest BCUT2D eigenvalue weighted by atomic mass is 19.1. The lowest BCUT2D eigenvalue weighted by Crippen LogP contribution is -2.47. The van der Waals surface area contributed by atoms with Crippen molar-refractivity contribution in [3.63, 3.8) is 0 Å². The first kappa shape index (κ1) is 8.86. The summed E-state index contributed by atoms with van der Waals surface area (Å²) in [5, 5.41) is 9.62. The minimum atomic E-state index is -0.0923. The average Bonchev–Trinajstić information content (AvgIpc) is 2.82. The number of aliphatic hydroxyl groups excluding tert-OH is 1. The fourth-order valence-corrected chi connectivity index (χ4v) is 3.60.